The number of hydrogen-bond donors (Lipinski definition) is 0. The highest BCUT2D eigenvalue weighted by Gasteiger charge is 2.27. The molecule has 0 amide bonds. The van der Waals surface area contributed by atoms with E-state index in [9.17, 15) is 13.6 Å². The van der Waals surface area contributed by atoms with E-state index in [0.717, 1.165) is 6.07 Å². The number of benzene rings is 1. The lowest BCUT2D eigenvalue weighted by molar-refractivity contribution is -0.145. The van der Waals surface area contributed by atoms with Crippen molar-refractivity contribution in [3.8, 4) is 0 Å². The molecule has 1 aliphatic rings. The van der Waals surface area contributed by atoms with Gasteiger partial charge in [-0.15, -0.1) is 0 Å². The number of ether oxygens (including phenoxy) is 1. The van der Waals surface area contributed by atoms with E-state index in [1.807, 2.05) is 0 Å². The molecule has 2 rings (SSSR count). The lowest BCUT2D eigenvalue weighted by Crippen LogP contribution is -2.24. The third-order valence-electron chi connectivity index (χ3n) is 3.00. The molecule has 0 heterocycles. The predicted molar refractivity (Wildman–Crippen MR) is 53.9 cm³/mol. The lowest BCUT2D eigenvalue weighted by Gasteiger charge is -2.22. The zero-order chi connectivity index (χ0) is 11.7. The van der Waals surface area contributed by atoms with Crippen LogP contribution in [0.5, 0.6) is 0 Å². The largest absolute Gasteiger partial charge is 0.469 e. The second kappa shape index (κ2) is 4.20. The molecule has 0 saturated heterocycles. The number of carbonyl (C=O) groups excluding carboxylic acids is 1. The molecule has 0 fully saturated rings. The van der Waals surface area contributed by atoms with E-state index in [-0.39, 0.29) is 11.9 Å². The molecule has 86 valence electrons. The van der Waals surface area contributed by atoms with Gasteiger partial charge in [0.2, 0.25) is 0 Å². The average molecular weight is 226 g/mol. The van der Waals surface area contributed by atoms with Gasteiger partial charge in [0.25, 0.3) is 0 Å². The fourth-order valence-electron chi connectivity index (χ4n) is 2.17. The summed E-state index contributed by atoms with van der Waals surface area (Å²) in [6, 6.07) is 2.19. The van der Waals surface area contributed by atoms with Gasteiger partial charge in [-0.2, -0.15) is 0 Å². The van der Waals surface area contributed by atoms with Crippen LogP contribution in [0.25, 0.3) is 0 Å². The smallest absolute Gasteiger partial charge is 0.309 e. The number of hydrogen-bond acceptors (Lipinski definition) is 2. The molecule has 1 aromatic rings. The maximum atomic E-state index is 13.4. The van der Waals surface area contributed by atoms with Crippen LogP contribution in [0.2, 0.25) is 0 Å². The van der Waals surface area contributed by atoms with Gasteiger partial charge in [-0.3, -0.25) is 4.79 Å². The summed E-state index contributed by atoms with van der Waals surface area (Å²) in [5, 5.41) is 0. The second-order valence-electron chi connectivity index (χ2n) is 3.99. The number of esters is 1. The molecule has 0 saturated carbocycles. The first-order valence-corrected chi connectivity index (χ1v) is 5.16. The quantitative estimate of drug-likeness (QED) is 0.686. The molecule has 0 bridgehead atoms. The minimum Gasteiger partial charge on any atom is -0.469 e. The first-order valence-electron chi connectivity index (χ1n) is 5.16. The van der Waals surface area contributed by atoms with Gasteiger partial charge in [0.1, 0.15) is 11.6 Å². The van der Waals surface area contributed by atoms with Gasteiger partial charge in [-0.25, -0.2) is 8.78 Å². The number of halogens is 2. The Labute approximate surface area is 92.2 Å². The van der Waals surface area contributed by atoms with Gasteiger partial charge in [0, 0.05) is 6.07 Å². The molecule has 2 nitrogen and oxygen atoms in total. The number of rotatable bonds is 1. The third-order valence-corrected chi connectivity index (χ3v) is 3.00. The number of carbonyl (C=O) groups is 1. The van der Waals surface area contributed by atoms with Crippen molar-refractivity contribution in [1.29, 1.82) is 0 Å². The Hall–Kier alpha value is -1.45. The summed E-state index contributed by atoms with van der Waals surface area (Å²) >= 11 is 0. The Bertz CT molecular complexity index is 429. The molecule has 0 aromatic heterocycles. The second-order valence-corrected chi connectivity index (χ2v) is 3.99. The van der Waals surface area contributed by atoms with Gasteiger partial charge in [-0.1, -0.05) is 0 Å². The van der Waals surface area contributed by atoms with E-state index in [2.05, 4.69) is 4.74 Å². The Morgan fingerprint density at radius 2 is 2.19 bits per heavy atom. The molecule has 1 aliphatic carbocycles. The van der Waals surface area contributed by atoms with Crippen LogP contribution in [-0.4, -0.2) is 13.1 Å². The number of methoxy groups -OCH3 is 1. The van der Waals surface area contributed by atoms with Crippen LogP contribution in [0.15, 0.2) is 12.1 Å². The Balaban J connectivity index is 2.30. The van der Waals surface area contributed by atoms with E-state index in [1.165, 1.54) is 13.2 Å². The molecular formula is C12H12F2O2. The zero-order valence-corrected chi connectivity index (χ0v) is 8.93. The van der Waals surface area contributed by atoms with Crippen LogP contribution in [0.1, 0.15) is 17.5 Å². The van der Waals surface area contributed by atoms with Crippen molar-refractivity contribution in [2.24, 2.45) is 5.92 Å². The van der Waals surface area contributed by atoms with Crippen LogP contribution in [0.3, 0.4) is 0 Å². The van der Waals surface area contributed by atoms with Crippen molar-refractivity contribution in [1.82, 2.24) is 0 Å². The molecule has 4 heteroatoms. The van der Waals surface area contributed by atoms with Gasteiger partial charge >= 0.3 is 5.97 Å². The minimum atomic E-state index is -0.596. The highest BCUT2D eigenvalue weighted by Crippen LogP contribution is 2.28. The van der Waals surface area contributed by atoms with Crippen molar-refractivity contribution >= 4 is 5.97 Å². The molecule has 0 N–H and O–H groups in total. The van der Waals surface area contributed by atoms with E-state index >= 15 is 0 Å². The van der Waals surface area contributed by atoms with Crippen LogP contribution in [0, 0.1) is 17.6 Å². The summed E-state index contributed by atoms with van der Waals surface area (Å²) in [6.45, 7) is 0. The maximum absolute atomic E-state index is 13.4. The van der Waals surface area contributed by atoms with Gasteiger partial charge < -0.3 is 4.74 Å². The van der Waals surface area contributed by atoms with Crippen LogP contribution < -0.4 is 0 Å². The Morgan fingerprint density at radius 1 is 1.44 bits per heavy atom. The SMILES string of the molecule is COC(=O)C1CCc2c(F)cc(F)cc2C1. The first-order chi connectivity index (χ1) is 7.61. The van der Waals surface area contributed by atoms with E-state index < -0.39 is 11.6 Å². The van der Waals surface area contributed by atoms with E-state index in [1.54, 1.807) is 0 Å². The zero-order valence-electron chi connectivity index (χ0n) is 8.93. The molecule has 0 radical (unpaired) electrons. The standard InChI is InChI=1S/C12H12F2O2/c1-16-12(15)7-2-3-10-8(4-7)5-9(13)6-11(10)14/h5-7H,2-4H2,1H3. The molecule has 16 heavy (non-hydrogen) atoms. The summed E-state index contributed by atoms with van der Waals surface area (Å²) in [4.78, 5) is 11.3. The lowest BCUT2D eigenvalue weighted by atomic mass is 9.83. The molecule has 1 aromatic carbocycles. The highest BCUT2D eigenvalue weighted by atomic mass is 19.1. The Kier molecular flexibility index (Phi) is 2.90. The summed E-state index contributed by atoms with van der Waals surface area (Å²) in [5.41, 5.74) is 1.11. The van der Waals surface area contributed by atoms with Crippen molar-refractivity contribution in [3.05, 3.63) is 34.9 Å². The third kappa shape index (κ3) is 1.92. The molecular weight excluding hydrogens is 214 g/mol. The summed E-state index contributed by atoms with van der Waals surface area (Å²) in [6.07, 6.45) is 1.38. The van der Waals surface area contributed by atoms with Crippen LogP contribution in [0.4, 0.5) is 8.78 Å². The molecule has 1 unspecified atom stereocenters. The molecule has 0 aliphatic heterocycles. The molecule has 1 atom stereocenters. The van der Waals surface area contributed by atoms with Crippen LogP contribution in [-0.2, 0) is 22.4 Å². The highest BCUT2D eigenvalue weighted by molar-refractivity contribution is 5.73. The van der Waals surface area contributed by atoms with E-state index in [4.69, 9.17) is 0 Å². The van der Waals surface area contributed by atoms with Crippen molar-refractivity contribution in [2.75, 3.05) is 7.11 Å². The van der Waals surface area contributed by atoms with Gasteiger partial charge in [0.15, 0.2) is 0 Å². The first kappa shape index (κ1) is 11.0. The summed E-state index contributed by atoms with van der Waals surface area (Å²) < 4.78 is 31.0. The normalized spacial score (nSPS) is 19.1. The number of fused-ring (bicyclic) bond motifs is 1. The topological polar surface area (TPSA) is 26.3 Å². The van der Waals surface area contributed by atoms with Crippen molar-refractivity contribution < 1.29 is 18.3 Å². The van der Waals surface area contributed by atoms with Crippen molar-refractivity contribution in [2.45, 2.75) is 19.3 Å². The van der Waals surface area contributed by atoms with Crippen LogP contribution >= 0.6 is 0 Å². The Morgan fingerprint density at radius 3 is 2.88 bits per heavy atom. The van der Waals surface area contributed by atoms with Gasteiger partial charge in [-0.05, 0) is 36.5 Å². The van der Waals surface area contributed by atoms with Gasteiger partial charge in [0.05, 0.1) is 13.0 Å². The maximum Gasteiger partial charge on any atom is 0.309 e. The van der Waals surface area contributed by atoms with E-state index in [0.29, 0.717) is 30.4 Å². The predicted octanol–water partition coefficient (Wildman–Crippen LogP) is 2.24. The monoisotopic (exact) mass is 226 g/mol. The fourth-order valence-corrected chi connectivity index (χ4v) is 2.17. The fraction of sp³-hybridized carbons (Fsp3) is 0.417. The average Bonchev–Trinajstić information content (AvgIpc) is 2.27. The summed E-state index contributed by atoms with van der Waals surface area (Å²) in [5.74, 6) is -1.70. The van der Waals surface area contributed by atoms with Crippen molar-refractivity contribution in [3.63, 3.8) is 0 Å². The summed E-state index contributed by atoms with van der Waals surface area (Å²) in [7, 11) is 1.32. The minimum absolute atomic E-state index is 0.279. The molecule has 0 spiro atoms.